The summed E-state index contributed by atoms with van der Waals surface area (Å²) in [5.74, 6) is 0.413. The molecular weight excluding hydrogens is 587 g/mol. The standard InChI is InChI=1S/C32H28F3N7O3/c1-20-23(5-4-8-25(20)39-31(44)40-26-7-3-2-6-24(26)32(33,34)35)22-17-27(29-36-11-12-42(29)19-22)38-28-10-9-21(18-37-28)30(43)41-13-15-45-16-14-41/h2-12,17-19H,13-16H2,1H3,(H,37,38)(H2,39,40,44). The number of halogens is 3. The third kappa shape index (κ3) is 6.43. The van der Waals surface area contributed by atoms with E-state index in [1.165, 1.54) is 24.4 Å². The number of benzene rings is 2. The molecule has 0 radical (unpaired) electrons. The van der Waals surface area contributed by atoms with Crippen LogP contribution in [0.1, 0.15) is 21.5 Å². The predicted octanol–water partition coefficient (Wildman–Crippen LogP) is 6.58. The molecule has 13 heteroatoms. The summed E-state index contributed by atoms with van der Waals surface area (Å²) in [5, 5.41) is 8.27. The minimum atomic E-state index is -4.62. The Morgan fingerprint density at radius 3 is 2.42 bits per heavy atom. The first kappa shape index (κ1) is 29.6. The summed E-state index contributed by atoms with van der Waals surface area (Å²) in [6.45, 7) is 3.91. The number of ether oxygens (including phenoxy) is 1. The maximum atomic E-state index is 13.4. The molecule has 3 amide bonds. The number of aromatic nitrogens is 3. The van der Waals surface area contributed by atoms with Gasteiger partial charge in [-0.2, -0.15) is 13.2 Å². The van der Waals surface area contributed by atoms with Crippen molar-refractivity contribution in [3.05, 3.63) is 102 Å². The average Bonchev–Trinajstić information content (AvgIpc) is 3.52. The van der Waals surface area contributed by atoms with Crippen LogP contribution in [-0.2, 0) is 10.9 Å². The Bertz CT molecular complexity index is 1870. The number of amides is 3. The van der Waals surface area contributed by atoms with Gasteiger partial charge >= 0.3 is 12.2 Å². The number of pyridine rings is 2. The maximum absolute atomic E-state index is 13.4. The lowest BCUT2D eigenvalue weighted by Gasteiger charge is -2.26. The van der Waals surface area contributed by atoms with E-state index in [4.69, 9.17) is 4.74 Å². The molecule has 230 valence electrons. The number of carbonyl (C=O) groups is 2. The molecule has 6 rings (SSSR count). The summed E-state index contributed by atoms with van der Waals surface area (Å²) >= 11 is 0. The molecule has 10 nitrogen and oxygen atoms in total. The lowest BCUT2D eigenvalue weighted by atomic mass is 10.00. The van der Waals surface area contributed by atoms with Crippen molar-refractivity contribution in [3.63, 3.8) is 0 Å². The molecule has 1 aliphatic rings. The number of alkyl halides is 3. The molecule has 0 bridgehead atoms. The third-order valence-corrected chi connectivity index (χ3v) is 7.43. The van der Waals surface area contributed by atoms with E-state index in [-0.39, 0.29) is 11.6 Å². The molecule has 3 N–H and O–H groups in total. The highest BCUT2D eigenvalue weighted by molar-refractivity contribution is 6.01. The number of urea groups is 1. The molecule has 0 aliphatic carbocycles. The summed E-state index contributed by atoms with van der Waals surface area (Å²) in [5.41, 5.74) is 3.18. The van der Waals surface area contributed by atoms with E-state index in [1.54, 1.807) is 41.6 Å². The Balaban J connectivity index is 1.23. The first-order valence-electron chi connectivity index (χ1n) is 14.1. The van der Waals surface area contributed by atoms with E-state index >= 15 is 0 Å². The second-order valence-electron chi connectivity index (χ2n) is 10.4. The van der Waals surface area contributed by atoms with Gasteiger partial charge in [0.05, 0.1) is 35.7 Å². The largest absolute Gasteiger partial charge is 0.418 e. The van der Waals surface area contributed by atoms with Crippen molar-refractivity contribution in [2.24, 2.45) is 0 Å². The number of carbonyl (C=O) groups excluding carboxylic acids is 2. The van der Waals surface area contributed by atoms with Gasteiger partial charge in [-0.15, -0.1) is 0 Å². The SMILES string of the molecule is Cc1c(NC(=O)Nc2ccccc2C(F)(F)F)cccc1-c1cc(Nc2ccc(C(=O)N3CCOCC3)cn2)c2nccn2c1. The lowest BCUT2D eigenvalue weighted by Crippen LogP contribution is -2.40. The number of imidazole rings is 1. The minimum absolute atomic E-state index is 0.0998. The van der Waals surface area contributed by atoms with Crippen LogP contribution in [0.25, 0.3) is 16.8 Å². The highest BCUT2D eigenvalue weighted by Crippen LogP contribution is 2.35. The van der Waals surface area contributed by atoms with Gasteiger partial charge in [0, 0.05) is 49.1 Å². The predicted molar refractivity (Wildman–Crippen MR) is 164 cm³/mol. The molecule has 5 aromatic rings. The fourth-order valence-corrected chi connectivity index (χ4v) is 5.15. The summed E-state index contributed by atoms with van der Waals surface area (Å²) < 4.78 is 47.4. The normalized spacial score (nSPS) is 13.5. The zero-order valence-corrected chi connectivity index (χ0v) is 24.1. The Morgan fingerprint density at radius 2 is 1.67 bits per heavy atom. The number of para-hydroxylation sites is 1. The van der Waals surface area contributed by atoms with Crippen molar-refractivity contribution >= 4 is 40.5 Å². The summed E-state index contributed by atoms with van der Waals surface area (Å²) in [6, 6.07) is 14.6. The zero-order chi connectivity index (χ0) is 31.6. The van der Waals surface area contributed by atoms with Gasteiger partial charge in [0.15, 0.2) is 5.65 Å². The van der Waals surface area contributed by atoms with Crippen LogP contribution in [0, 0.1) is 6.92 Å². The van der Waals surface area contributed by atoms with Crippen LogP contribution >= 0.6 is 0 Å². The molecule has 0 spiro atoms. The quantitative estimate of drug-likeness (QED) is 0.199. The summed E-state index contributed by atoms with van der Waals surface area (Å²) in [6.07, 6.45) is 2.26. The van der Waals surface area contributed by atoms with E-state index in [9.17, 15) is 22.8 Å². The van der Waals surface area contributed by atoms with E-state index < -0.39 is 17.8 Å². The average molecular weight is 616 g/mol. The van der Waals surface area contributed by atoms with Crippen molar-refractivity contribution < 1.29 is 27.5 Å². The van der Waals surface area contributed by atoms with Crippen LogP contribution < -0.4 is 16.0 Å². The molecule has 4 heterocycles. The number of fused-ring (bicyclic) bond motifs is 1. The Labute approximate surface area is 255 Å². The van der Waals surface area contributed by atoms with Gasteiger partial charge in [-0.25, -0.2) is 14.8 Å². The van der Waals surface area contributed by atoms with E-state index in [0.29, 0.717) is 60.3 Å². The Kier molecular flexibility index (Phi) is 8.09. The number of hydrogen-bond donors (Lipinski definition) is 3. The molecule has 1 saturated heterocycles. The van der Waals surface area contributed by atoms with Gasteiger partial charge in [-0.1, -0.05) is 24.3 Å². The molecule has 0 atom stereocenters. The second kappa shape index (κ2) is 12.3. The van der Waals surface area contributed by atoms with Crippen molar-refractivity contribution in [2.75, 3.05) is 42.3 Å². The van der Waals surface area contributed by atoms with Gasteiger partial charge in [0.1, 0.15) is 5.82 Å². The van der Waals surface area contributed by atoms with Gasteiger partial charge in [0.25, 0.3) is 5.91 Å². The van der Waals surface area contributed by atoms with Crippen LogP contribution in [0.4, 0.5) is 40.8 Å². The number of morpholine rings is 1. The van der Waals surface area contributed by atoms with E-state index in [0.717, 1.165) is 17.2 Å². The van der Waals surface area contributed by atoms with Crippen molar-refractivity contribution in [3.8, 4) is 11.1 Å². The number of nitrogens with one attached hydrogen (secondary N) is 3. The Hall–Kier alpha value is -5.43. The first-order valence-corrected chi connectivity index (χ1v) is 14.1. The molecule has 2 aromatic carbocycles. The Morgan fingerprint density at radius 1 is 0.911 bits per heavy atom. The first-order chi connectivity index (χ1) is 21.7. The van der Waals surface area contributed by atoms with Gasteiger partial charge in [-0.3, -0.25) is 4.79 Å². The van der Waals surface area contributed by atoms with Crippen LogP contribution in [0.2, 0.25) is 0 Å². The van der Waals surface area contributed by atoms with Gasteiger partial charge in [-0.05, 0) is 54.4 Å². The van der Waals surface area contributed by atoms with Crippen LogP contribution in [0.15, 0.2) is 85.5 Å². The molecule has 1 fully saturated rings. The van der Waals surface area contributed by atoms with Gasteiger partial charge < -0.3 is 30.0 Å². The number of nitrogens with zero attached hydrogens (tertiary/aromatic N) is 4. The molecule has 1 aliphatic heterocycles. The zero-order valence-electron chi connectivity index (χ0n) is 24.1. The molecule has 0 saturated carbocycles. The van der Waals surface area contributed by atoms with E-state index in [2.05, 4.69) is 25.9 Å². The molecule has 0 unspecified atom stereocenters. The lowest BCUT2D eigenvalue weighted by molar-refractivity contribution is -0.136. The number of anilines is 4. The van der Waals surface area contributed by atoms with Crippen molar-refractivity contribution in [1.29, 1.82) is 0 Å². The number of hydrogen-bond acceptors (Lipinski definition) is 6. The molecule has 3 aromatic heterocycles. The van der Waals surface area contributed by atoms with Crippen molar-refractivity contribution in [2.45, 2.75) is 13.1 Å². The van der Waals surface area contributed by atoms with E-state index in [1.807, 2.05) is 29.7 Å². The van der Waals surface area contributed by atoms with Crippen LogP contribution in [-0.4, -0.2) is 57.5 Å². The van der Waals surface area contributed by atoms with Crippen LogP contribution in [0.5, 0.6) is 0 Å². The summed E-state index contributed by atoms with van der Waals surface area (Å²) in [4.78, 5) is 36.2. The highest BCUT2D eigenvalue weighted by Gasteiger charge is 2.33. The van der Waals surface area contributed by atoms with Gasteiger partial charge in [0.2, 0.25) is 0 Å². The fourth-order valence-electron chi connectivity index (χ4n) is 5.15. The number of rotatable bonds is 6. The fraction of sp³-hybridized carbons (Fsp3) is 0.188. The van der Waals surface area contributed by atoms with Crippen LogP contribution in [0.3, 0.4) is 0 Å². The minimum Gasteiger partial charge on any atom is -0.378 e. The smallest absolute Gasteiger partial charge is 0.378 e. The maximum Gasteiger partial charge on any atom is 0.418 e. The highest BCUT2D eigenvalue weighted by atomic mass is 19.4. The summed E-state index contributed by atoms with van der Waals surface area (Å²) in [7, 11) is 0. The molecular formula is C32H28F3N7O3. The monoisotopic (exact) mass is 615 g/mol. The second-order valence-corrected chi connectivity index (χ2v) is 10.4. The van der Waals surface area contributed by atoms with Crippen molar-refractivity contribution in [1.82, 2.24) is 19.3 Å². The third-order valence-electron chi connectivity index (χ3n) is 7.43. The molecule has 45 heavy (non-hydrogen) atoms. The topological polar surface area (TPSA) is 113 Å².